The maximum Gasteiger partial charge on any atom is 0.408 e. The van der Waals surface area contributed by atoms with Gasteiger partial charge in [0, 0.05) is 30.3 Å². The smallest absolute Gasteiger partial charge is 0.408 e. The fourth-order valence-corrected chi connectivity index (χ4v) is 7.70. The molecule has 3 fully saturated rings. The van der Waals surface area contributed by atoms with Crippen LogP contribution in [0.3, 0.4) is 0 Å². The molecule has 1 saturated heterocycles. The number of fused-ring (bicyclic) bond motifs is 1. The van der Waals surface area contributed by atoms with E-state index < -0.39 is 86.5 Å². The number of likely N-dealkylation sites (tertiary alicyclic amines) is 1. The maximum atomic E-state index is 14.4. The molecule has 0 bridgehead atoms. The van der Waals surface area contributed by atoms with Crippen LogP contribution >= 0.6 is 0 Å². The van der Waals surface area contributed by atoms with Crippen LogP contribution in [-0.2, 0) is 33.9 Å². The number of carbonyl (C=O) groups is 5. The minimum atomic E-state index is -3.94. The molecule has 2 aromatic rings. The molecule has 0 radical (unpaired) electrons. The van der Waals surface area contributed by atoms with Crippen molar-refractivity contribution in [3.05, 3.63) is 54.8 Å². The van der Waals surface area contributed by atoms with Gasteiger partial charge in [-0.05, 0) is 89.6 Å². The topological polar surface area (TPSA) is 199 Å². The lowest BCUT2D eigenvalue weighted by atomic mass is 10.1. The second-order valence-electron chi connectivity index (χ2n) is 15.0. The van der Waals surface area contributed by atoms with Crippen LogP contribution in [0.15, 0.2) is 54.8 Å². The van der Waals surface area contributed by atoms with Crippen molar-refractivity contribution in [2.75, 3.05) is 13.7 Å². The van der Waals surface area contributed by atoms with Gasteiger partial charge in [0.25, 0.3) is 5.91 Å². The largest absolute Gasteiger partial charge is 0.497 e. The van der Waals surface area contributed by atoms with E-state index in [1.165, 1.54) is 17.1 Å². The Kier molecular flexibility index (Phi) is 11.2. The van der Waals surface area contributed by atoms with Crippen LogP contribution in [0.1, 0.15) is 66.7 Å². The van der Waals surface area contributed by atoms with E-state index in [9.17, 15) is 32.4 Å². The van der Waals surface area contributed by atoms with Crippen LogP contribution in [0, 0.1) is 5.92 Å². The van der Waals surface area contributed by atoms with Gasteiger partial charge in [-0.25, -0.2) is 18.2 Å². The number of hydrogen-bond donors (Lipinski definition) is 3. The molecule has 0 spiro atoms. The van der Waals surface area contributed by atoms with E-state index in [4.69, 9.17) is 14.2 Å². The first-order chi connectivity index (χ1) is 24.9. The molecule has 1 aliphatic heterocycles. The van der Waals surface area contributed by atoms with E-state index >= 15 is 0 Å². The summed E-state index contributed by atoms with van der Waals surface area (Å²) < 4.78 is 44.5. The Morgan fingerprint density at radius 3 is 2.45 bits per heavy atom. The fraction of sp³-hybridized carbons (Fsp3) is 0.514. The van der Waals surface area contributed by atoms with E-state index in [0.717, 1.165) is 5.39 Å². The molecule has 5 unspecified atom stereocenters. The van der Waals surface area contributed by atoms with Crippen LogP contribution in [0.25, 0.3) is 10.8 Å². The summed E-state index contributed by atoms with van der Waals surface area (Å²) in [4.78, 5) is 73.6. The lowest BCUT2D eigenvalue weighted by Gasteiger charge is -2.30. The summed E-state index contributed by atoms with van der Waals surface area (Å²) in [6, 6.07) is 4.40. The first-order valence-corrected chi connectivity index (χ1v) is 19.0. The molecule has 2 aliphatic carbocycles. The highest BCUT2D eigenvalue weighted by molar-refractivity contribution is 7.91. The van der Waals surface area contributed by atoms with E-state index in [-0.39, 0.29) is 25.3 Å². The number of carbonyl (C=O) groups excluding carboxylic acids is 5. The average Bonchev–Trinajstić information content (AvgIpc) is 3.99. The zero-order chi connectivity index (χ0) is 38.9. The molecular weight excluding hydrogens is 706 g/mol. The van der Waals surface area contributed by atoms with Crippen LogP contribution in [0.4, 0.5) is 4.79 Å². The standard InChI is InChI=1S/C37H47N5O10S/c1-8-23-19-37(23,34(46)41-53(48,49)27-10-11-27)40-31(44)30-18-26(51-32-28-12-9-25(50-7)16-22(28)13-14-38-32)20-42(30)33(45)29(17-24(43)15-21(2)3)39-35(47)52-36(4,5)6/h8-9,12-16,23,26-27,29-30H,1,10-11,17-20H2,2-7H3,(H,39,47)(H,40,44)(H,41,46). The molecule has 3 aliphatic rings. The minimum Gasteiger partial charge on any atom is -0.497 e. The van der Waals surface area contributed by atoms with Gasteiger partial charge in [-0.15, -0.1) is 6.58 Å². The number of benzene rings is 1. The van der Waals surface area contributed by atoms with Gasteiger partial charge in [-0.3, -0.25) is 23.9 Å². The van der Waals surface area contributed by atoms with Crippen molar-refractivity contribution in [1.29, 1.82) is 0 Å². The van der Waals surface area contributed by atoms with Gasteiger partial charge < -0.3 is 29.7 Å². The first-order valence-electron chi connectivity index (χ1n) is 17.4. The highest BCUT2D eigenvalue weighted by Gasteiger charge is 2.62. The lowest BCUT2D eigenvalue weighted by Crippen LogP contribution is -2.58. The molecule has 1 aromatic carbocycles. The van der Waals surface area contributed by atoms with Gasteiger partial charge in [0.05, 0.1) is 18.9 Å². The SMILES string of the molecule is C=CC1CC1(NC(=O)C1CC(Oc2nccc3cc(OC)ccc23)CN1C(=O)C(CC(=O)C=C(C)C)NC(=O)OC(C)(C)C)C(=O)NS(=O)(=O)C1CC1. The number of ketones is 1. The number of aromatic nitrogens is 1. The Bertz CT molecular complexity index is 1950. The predicted octanol–water partition coefficient (Wildman–Crippen LogP) is 3.08. The summed E-state index contributed by atoms with van der Waals surface area (Å²) in [5, 5.41) is 5.98. The number of amides is 4. The van der Waals surface area contributed by atoms with Crippen molar-refractivity contribution in [2.24, 2.45) is 5.92 Å². The number of ether oxygens (including phenoxy) is 3. The van der Waals surface area contributed by atoms with Gasteiger partial charge in [0.2, 0.25) is 27.7 Å². The van der Waals surface area contributed by atoms with Crippen LogP contribution in [0.2, 0.25) is 0 Å². The number of rotatable bonds is 14. The molecule has 2 heterocycles. The average molecular weight is 754 g/mol. The molecular formula is C37H47N5O10S. The second kappa shape index (κ2) is 15.2. The Balaban J connectivity index is 1.46. The monoisotopic (exact) mass is 753 g/mol. The number of pyridine rings is 1. The molecule has 2 saturated carbocycles. The molecule has 1 aromatic heterocycles. The zero-order valence-electron chi connectivity index (χ0n) is 30.8. The highest BCUT2D eigenvalue weighted by Crippen LogP contribution is 2.45. The summed E-state index contributed by atoms with van der Waals surface area (Å²) in [7, 11) is -2.39. The van der Waals surface area contributed by atoms with Gasteiger partial charge in [0.15, 0.2) is 5.78 Å². The number of hydrogen-bond acceptors (Lipinski definition) is 11. The van der Waals surface area contributed by atoms with Crippen LogP contribution in [0.5, 0.6) is 11.6 Å². The quantitative estimate of drug-likeness (QED) is 0.189. The number of allylic oxidation sites excluding steroid dienone is 2. The molecule has 5 rings (SSSR count). The third-order valence-electron chi connectivity index (χ3n) is 9.15. The number of nitrogens with one attached hydrogen (secondary N) is 3. The van der Waals surface area contributed by atoms with Crippen molar-refractivity contribution < 1.29 is 46.6 Å². The van der Waals surface area contributed by atoms with E-state index in [2.05, 4.69) is 26.9 Å². The molecule has 15 nitrogen and oxygen atoms in total. The lowest BCUT2D eigenvalue weighted by molar-refractivity contribution is -0.141. The molecule has 3 N–H and O–H groups in total. The molecule has 16 heteroatoms. The summed E-state index contributed by atoms with van der Waals surface area (Å²) in [5.41, 5.74) is -1.85. The third kappa shape index (κ3) is 9.33. The summed E-state index contributed by atoms with van der Waals surface area (Å²) in [6.07, 6.45) is 3.07. The Hall–Kier alpha value is -4.99. The second-order valence-corrected chi connectivity index (χ2v) is 16.9. The van der Waals surface area contributed by atoms with Gasteiger partial charge in [-0.1, -0.05) is 11.6 Å². The van der Waals surface area contributed by atoms with Crippen molar-refractivity contribution >= 4 is 50.4 Å². The summed E-state index contributed by atoms with van der Waals surface area (Å²) >= 11 is 0. The van der Waals surface area contributed by atoms with Gasteiger partial charge in [0.1, 0.15) is 35.1 Å². The predicted molar refractivity (Wildman–Crippen MR) is 194 cm³/mol. The first kappa shape index (κ1) is 39.2. The molecule has 4 amide bonds. The molecule has 5 atom stereocenters. The van der Waals surface area contributed by atoms with Crippen LogP contribution < -0.4 is 24.8 Å². The van der Waals surface area contributed by atoms with Crippen molar-refractivity contribution in [3.8, 4) is 11.6 Å². The van der Waals surface area contributed by atoms with Gasteiger partial charge in [-0.2, -0.15) is 0 Å². The number of sulfonamides is 1. The van der Waals surface area contributed by atoms with E-state index in [1.807, 2.05) is 0 Å². The Morgan fingerprint density at radius 1 is 1.13 bits per heavy atom. The number of methoxy groups -OCH3 is 1. The normalized spacial score (nSPS) is 22.9. The van der Waals surface area contributed by atoms with Gasteiger partial charge >= 0.3 is 6.09 Å². The fourth-order valence-electron chi connectivity index (χ4n) is 6.33. The Morgan fingerprint density at radius 2 is 1.85 bits per heavy atom. The highest BCUT2D eigenvalue weighted by atomic mass is 32.2. The van der Waals surface area contributed by atoms with E-state index in [0.29, 0.717) is 29.6 Å². The van der Waals surface area contributed by atoms with E-state index in [1.54, 1.807) is 72.2 Å². The van der Waals surface area contributed by atoms with Crippen molar-refractivity contribution in [2.45, 2.75) is 101 Å². The maximum absolute atomic E-state index is 14.4. The summed E-state index contributed by atoms with van der Waals surface area (Å²) in [6.45, 7) is 12.0. The molecule has 286 valence electrons. The Labute approximate surface area is 308 Å². The number of nitrogens with zero attached hydrogens (tertiary/aromatic N) is 2. The minimum absolute atomic E-state index is 0.0658. The number of alkyl carbamates (subject to hydrolysis) is 1. The molecule has 53 heavy (non-hydrogen) atoms. The summed E-state index contributed by atoms with van der Waals surface area (Å²) in [5.74, 6) is -2.56. The third-order valence-corrected chi connectivity index (χ3v) is 11.0. The van der Waals surface area contributed by atoms with Crippen molar-refractivity contribution in [1.82, 2.24) is 25.2 Å². The zero-order valence-corrected chi connectivity index (χ0v) is 31.6. The van der Waals surface area contributed by atoms with Crippen molar-refractivity contribution in [3.63, 3.8) is 0 Å². The van der Waals surface area contributed by atoms with Crippen LogP contribution in [-0.4, -0.2) is 96.1 Å².